The maximum absolute atomic E-state index is 5.48. The third-order valence-electron chi connectivity index (χ3n) is 3.91. The lowest BCUT2D eigenvalue weighted by Gasteiger charge is -2.15. The Bertz CT molecular complexity index is 594. The average Bonchev–Trinajstić information content (AvgIpc) is 2.69. The van der Waals surface area contributed by atoms with Gasteiger partial charge in [0, 0.05) is 6.54 Å². The van der Waals surface area contributed by atoms with Gasteiger partial charge in [-0.25, -0.2) is 0 Å². The van der Waals surface area contributed by atoms with E-state index in [-0.39, 0.29) is 0 Å². The van der Waals surface area contributed by atoms with Crippen LogP contribution in [0.3, 0.4) is 0 Å². The molecule has 1 aromatic carbocycles. The maximum Gasteiger partial charge on any atom is 0.178 e. The van der Waals surface area contributed by atoms with Crippen LogP contribution in [-0.4, -0.2) is 9.55 Å². The van der Waals surface area contributed by atoms with Gasteiger partial charge in [-0.15, -0.1) is 0 Å². The maximum atomic E-state index is 5.48. The molecule has 2 nitrogen and oxygen atoms in total. The van der Waals surface area contributed by atoms with E-state index in [0.29, 0.717) is 0 Å². The summed E-state index contributed by atoms with van der Waals surface area (Å²) in [6.45, 7) is 7.69. The third-order valence-corrected chi connectivity index (χ3v) is 4.24. The topological polar surface area (TPSA) is 20.7 Å². The normalized spacial score (nSPS) is 13.0. The van der Waals surface area contributed by atoms with Crippen molar-refractivity contribution in [3.05, 3.63) is 28.5 Å². The highest BCUT2D eigenvalue weighted by Gasteiger charge is 2.10. The fraction of sp³-hybridized carbons (Fsp3) is 0.562. The molecule has 0 bridgehead atoms. The van der Waals surface area contributed by atoms with Gasteiger partial charge in [0.25, 0.3) is 0 Å². The minimum atomic E-state index is 0.729. The molecule has 1 N–H and O–H groups in total. The molecule has 0 fully saturated rings. The van der Waals surface area contributed by atoms with Gasteiger partial charge in [-0.05, 0) is 49.2 Å². The number of nitrogens with zero attached hydrogens (tertiary/aromatic N) is 1. The smallest absolute Gasteiger partial charge is 0.178 e. The van der Waals surface area contributed by atoms with Gasteiger partial charge < -0.3 is 9.55 Å². The number of aryl methyl sites for hydroxylation is 1. The van der Waals surface area contributed by atoms with E-state index < -0.39 is 0 Å². The summed E-state index contributed by atoms with van der Waals surface area (Å²) in [6.07, 6.45) is 5.11. The van der Waals surface area contributed by atoms with Crippen molar-refractivity contribution in [1.29, 1.82) is 0 Å². The van der Waals surface area contributed by atoms with Gasteiger partial charge in [-0.3, -0.25) is 0 Å². The summed E-state index contributed by atoms with van der Waals surface area (Å²) in [7, 11) is 0. The van der Waals surface area contributed by atoms with Crippen LogP contribution in [0.25, 0.3) is 11.0 Å². The molecule has 0 saturated heterocycles. The molecule has 1 aromatic heterocycles. The first-order valence-electron chi connectivity index (χ1n) is 7.34. The Hall–Kier alpha value is -1.09. The fourth-order valence-corrected chi connectivity index (χ4v) is 2.92. The fourth-order valence-electron chi connectivity index (χ4n) is 2.63. The number of nitrogens with one attached hydrogen (secondary N) is 1. The molecule has 104 valence electrons. The summed E-state index contributed by atoms with van der Waals surface area (Å²) in [6, 6.07) is 6.52. The van der Waals surface area contributed by atoms with Crippen LogP contribution >= 0.6 is 12.2 Å². The number of unbranched alkanes of at least 4 members (excludes halogenated alkanes) is 1. The Morgan fingerprint density at radius 1 is 1.32 bits per heavy atom. The van der Waals surface area contributed by atoms with Crippen LogP contribution in [-0.2, 0) is 6.54 Å². The molecule has 2 aromatic rings. The van der Waals surface area contributed by atoms with Crippen LogP contribution in [0, 0.1) is 17.6 Å². The predicted molar refractivity (Wildman–Crippen MR) is 85.2 cm³/mol. The summed E-state index contributed by atoms with van der Waals surface area (Å²) in [4.78, 5) is 3.33. The Labute approximate surface area is 120 Å². The van der Waals surface area contributed by atoms with Gasteiger partial charge in [0.05, 0.1) is 11.0 Å². The highest BCUT2D eigenvalue weighted by molar-refractivity contribution is 7.71. The molecule has 0 saturated carbocycles. The monoisotopic (exact) mass is 276 g/mol. The molecule has 2 rings (SSSR count). The first kappa shape index (κ1) is 14.3. The zero-order valence-electron chi connectivity index (χ0n) is 12.2. The van der Waals surface area contributed by atoms with E-state index in [9.17, 15) is 0 Å². The second-order valence-corrected chi connectivity index (χ2v) is 5.86. The first-order chi connectivity index (χ1) is 9.15. The van der Waals surface area contributed by atoms with Crippen molar-refractivity contribution >= 4 is 23.3 Å². The molecule has 0 aliphatic heterocycles. The minimum Gasteiger partial charge on any atom is -0.331 e. The van der Waals surface area contributed by atoms with Crippen molar-refractivity contribution in [2.75, 3.05) is 0 Å². The van der Waals surface area contributed by atoms with Crippen LogP contribution in [0.5, 0.6) is 0 Å². The number of aromatic nitrogens is 2. The summed E-state index contributed by atoms with van der Waals surface area (Å²) in [5.41, 5.74) is 3.68. The third kappa shape index (κ3) is 3.27. The summed E-state index contributed by atoms with van der Waals surface area (Å²) >= 11 is 5.48. The molecule has 0 amide bonds. The van der Waals surface area contributed by atoms with E-state index in [0.717, 1.165) is 22.8 Å². The summed E-state index contributed by atoms with van der Waals surface area (Å²) in [5, 5.41) is 0. The number of benzene rings is 1. The molecule has 0 aliphatic rings. The number of H-pyrrole nitrogens is 1. The SMILES string of the molecule is CCCCC(CC)Cn1c(=S)[nH]c2cc(C)ccc21. The van der Waals surface area contributed by atoms with Crippen LogP contribution in [0.1, 0.15) is 45.1 Å². The van der Waals surface area contributed by atoms with E-state index in [2.05, 4.69) is 48.5 Å². The molecule has 19 heavy (non-hydrogen) atoms. The molecule has 3 heteroatoms. The van der Waals surface area contributed by atoms with Gasteiger partial charge in [0.2, 0.25) is 0 Å². The number of imidazole rings is 1. The second kappa shape index (κ2) is 6.38. The van der Waals surface area contributed by atoms with Gasteiger partial charge in [0.15, 0.2) is 4.77 Å². The minimum absolute atomic E-state index is 0.729. The predicted octanol–water partition coefficient (Wildman–Crippen LogP) is 5.22. The Morgan fingerprint density at radius 2 is 2.11 bits per heavy atom. The zero-order chi connectivity index (χ0) is 13.8. The van der Waals surface area contributed by atoms with Crippen LogP contribution < -0.4 is 0 Å². The van der Waals surface area contributed by atoms with Crippen LogP contribution in [0.4, 0.5) is 0 Å². The van der Waals surface area contributed by atoms with Crippen molar-refractivity contribution in [2.45, 2.75) is 53.0 Å². The first-order valence-corrected chi connectivity index (χ1v) is 7.75. The van der Waals surface area contributed by atoms with Crippen molar-refractivity contribution in [1.82, 2.24) is 9.55 Å². The molecule has 0 aliphatic carbocycles. The molecule has 0 radical (unpaired) electrons. The molecular weight excluding hydrogens is 252 g/mol. The lowest BCUT2D eigenvalue weighted by molar-refractivity contribution is 0.393. The van der Waals surface area contributed by atoms with E-state index in [4.69, 9.17) is 12.2 Å². The highest BCUT2D eigenvalue weighted by Crippen LogP contribution is 2.21. The quantitative estimate of drug-likeness (QED) is 0.717. The standard InChI is InChI=1S/C16H24N2S/c1-4-6-7-13(5-2)11-18-15-9-8-12(3)10-14(15)17-16(18)19/h8-10,13H,4-7,11H2,1-3H3,(H,17,19). The second-order valence-electron chi connectivity index (χ2n) is 5.48. The molecular formula is C16H24N2S. The van der Waals surface area contributed by atoms with Gasteiger partial charge in [-0.1, -0.05) is 39.2 Å². The number of aromatic amines is 1. The molecule has 1 heterocycles. The number of fused-ring (bicyclic) bond motifs is 1. The average molecular weight is 276 g/mol. The molecule has 1 atom stereocenters. The number of hydrogen-bond donors (Lipinski definition) is 1. The van der Waals surface area contributed by atoms with E-state index in [1.165, 1.54) is 36.8 Å². The molecule has 0 spiro atoms. The van der Waals surface area contributed by atoms with Crippen molar-refractivity contribution in [3.63, 3.8) is 0 Å². The lowest BCUT2D eigenvalue weighted by Crippen LogP contribution is -2.10. The van der Waals surface area contributed by atoms with Crippen molar-refractivity contribution in [3.8, 4) is 0 Å². The Balaban J connectivity index is 2.28. The van der Waals surface area contributed by atoms with E-state index >= 15 is 0 Å². The summed E-state index contributed by atoms with van der Waals surface area (Å²) < 4.78 is 3.13. The lowest BCUT2D eigenvalue weighted by atomic mass is 9.99. The molecule has 1 unspecified atom stereocenters. The van der Waals surface area contributed by atoms with Gasteiger partial charge in [-0.2, -0.15) is 0 Å². The van der Waals surface area contributed by atoms with Gasteiger partial charge >= 0.3 is 0 Å². The zero-order valence-corrected chi connectivity index (χ0v) is 13.0. The number of hydrogen-bond acceptors (Lipinski definition) is 1. The summed E-state index contributed by atoms with van der Waals surface area (Å²) in [5.74, 6) is 0.729. The van der Waals surface area contributed by atoms with Crippen LogP contribution in [0.15, 0.2) is 18.2 Å². The highest BCUT2D eigenvalue weighted by atomic mass is 32.1. The Morgan fingerprint density at radius 3 is 2.79 bits per heavy atom. The van der Waals surface area contributed by atoms with E-state index in [1.54, 1.807) is 0 Å². The largest absolute Gasteiger partial charge is 0.331 e. The van der Waals surface area contributed by atoms with Crippen molar-refractivity contribution in [2.24, 2.45) is 5.92 Å². The van der Waals surface area contributed by atoms with Crippen LogP contribution in [0.2, 0.25) is 0 Å². The van der Waals surface area contributed by atoms with Gasteiger partial charge in [0.1, 0.15) is 0 Å². The van der Waals surface area contributed by atoms with E-state index in [1.807, 2.05) is 0 Å². The van der Waals surface area contributed by atoms with Crippen molar-refractivity contribution < 1.29 is 0 Å². The Kier molecular flexibility index (Phi) is 4.81. The number of rotatable bonds is 6.